The van der Waals surface area contributed by atoms with Crippen LogP contribution in [0.2, 0.25) is 0 Å². The number of hydrogen-bond acceptors (Lipinski definition) is 1. The van der Waals surface area contributed by atoms with Crippen molar-refractivity contribution >= 4 is 45.2 Å². The summed E-state index contributed by atoms with van der Waals surface area (Å²) in [5.74, 6) is 0. The molecule has 4 heteroatoms. The summed E-state index contributed by atoms with van der Waals surface area (Å²) in [7, 11) is 0. The van der Waals surface area contributed by atoms with Crippen LogP contribution < -0.4 is 0 Å². The summed E-state index contributed by atoms with van der Waals surface area (Å²) in [6, 6.07) is 0.719. The van der Waals surface area contributed by atoms with Gasteiger partial charge < -0.3 is 4.57 Å². The minimum atomic E-state index is 0.719. The predicted molar refractivity (Wildman–Crippen MR) is 69.8 cm³/mol. The summed E-state index contributed by atoms with van der Waals surface area (Å²) in [4.78, 5) is 4.33. The van der Waals surface area contributed by atoms with Crippen molar-refractivity contribution in [2.75, 3.05) is 0 Å². The summed E-state index contributed by atoms with van der Waals surface area (Å²) in [6.07, 6.45) is 8.86. The molecule has 0 N–H and O–H groups in total. The monoisotopic (exact) mass is 402 g/mol. The normalized spacial score (nSPS) is 19.2. The van der Waals surface area contributed by atoms with E-state index < -0.39 is 0 Å². The van der Waals surface area contributed by atoms with Crippen molar-refractivity contribution in [1.82, 2.24) is 9.55 Å². The highest BCUT2D eigenvalue weighted by Gasteiger charge is 2.18. The van der Waals surface area contributed by atoms with Gasteiger partial charge in [0.05, 0.1) is 6.33 Å². The molecule has 72 valence electrons. The second-order valence-electron chi connectivity index (χ2n) is 3.53. The standard InChI is InChI=1S/C9H12I2N2/c10-8-9(11)13(6-12-8)7-4-2-1-3-5-7/h6-7H,1-5H2. The van der Waals surface area contributed by atoms with Crippen LogP contribution in [0.15, 0.2) is 6.33 Å². The van der Waals surface area contributed by atoms with Crippen LogP contribution in [0.1, 0.15) is 38.1 Å². The quantitative estimate of drug-likeness (QED) is 0.657. The summed E-state index contributed by atoms with van der Waals surface area (Å²) in [5.41, 5.74) is 0. The van der Waals surface area contributed by atoms with Gasteiger partial charge in [-0.15, -0.1) is 0 Å². The third kappa shape index (κ3) is 2.19. The summed E-state index contributed by atoms with van der Waals surface area (Å²) >= 11 is 4.70. The molecule has 0 atom stereocenters. The molecule has 0 bridgehead atoms. The first-order valence-corrected chi connectivity index (χ1v) is 6.82. The molecule has 1 aliphatic rings. The molecule has 0 aromatic carbocycles. The van der Waals surface area contributed by atoms with Gasteiger partial charge in [0.25, 0.3) is 0 Å². The summed E-state index contributed by atoms with van der Waals surface area (Å²) in [5, 5.41) is 0. The number of hydrogen-bond donors (Lipinski definition) is 0. The molecule has 2 nitrogen and oxygen atoms in total. The van der Waals surface area contributed by atoms with Gasteiger partial charge >= 0.3 is 0 Å². The summed E-state index contributed by atoms with van der Waals surface area (Å²) < 4.78 is 4.80. The van der Waals surface area contributed by atoms with Crippen molar-refractivity contribution in [2.45, 2.75) is 38.1 Å². The van der Waals surface area contributed by atoms with Gasteiger partial charge in [0.2, 0.25) is 0 Å². The van der Waals surface area contributed by atoms with Crippen molar-refractivity contribution in [1.29, 1.82) is 0 Å². The van der Waals surface area contributed by atoms with E-state index in [9.17, 15) is 0 Å². The highest BCUT2D eigenvalue weighted by atomic mass is 127. The van der Waals surface area contributed by atoms with Gasteiger partial charge in [-0.05, 0) is 58.0 Å². The lowest BCUT2D eigenvalue weighted by Crippen LogP contribution is -2.13. The van der Waals surface area contributed by atoms with E-state index in [1.165, 1.54) is 35.8 Å². The molecule has 0 saturated heterocycles. The van der Waals surface area contributed by atoms with Crippen LogP contribution in [-0.2, 0) is 0 Å². The van der Waals surface area contributed by atoms with Crippen LogP contribution in [0.3, 0.4) is 0 Å². The average molecular weight is 402 g/mol. The van der Waals surface area contributed by atoms with Gasteiger partial charge in [0.15, 0.2) is 0 Å². The molecule has 1 aromatic rings. The Morgan fingerprint density at radius 3 is 2.46 bits per heavy atom. The highest BCUT2D eigenvalue weighted by Crippen LogP contribution is 2.30. The largest absolute Gasteiger partial charge is 0.322 e. The lowest BCUT2D eigenvalue weighted by atomic mass is 9.95. The van der Waals surface area contributed by atoms with Gasteiger partial charge in [-0.2, -0.15) is 0 Å². The van der Waals surface area contributed by atoms with E-state index >= 15 is 0 Å². The SMILES string of the molecule is Ic1ncn(C2CCCCC2)c1I. The number of imidazole rings is 1. The van der Waals surface area contributed by atoms with Gasteiger partial charge in [-0.1, -0.05) is 19.3 Å². The Balaban J connectivity index is 2.18. The predicted octanol–water partition coefficient (Wildman–Crippen LogP) is 3.60. The average Bonchev–Trinajstić information content (AvgIpc) is 2.49. The molecular weight excluding hydrogens is 390 g/mol. The molecule has 0 amide bonds. The van der Waals surface area contributed by atoms with E-state index in [0.29, 0.717) is 0 Å². The fourth-order valence-electron chi connectivity index (χ4n) is 1.94. The molecular formula is C9H12I2N2. The van der Waals surface area contributed by atoms with Crippen molar-refractivity contribution in [3.05, 3.63) is 13.7 Å². The fraction of sp³-hybridized carbons (Fsp3) is 0.667. The van der Waals surface area contributed by atoms with E-state index in [2.05, 4.69) is 54.7 Å². The zero-order chi connectivity index (χ0) is 9.26. The Morgan fingerprint density at radius 1 is 1.23 bits per heavy atom. The van der Waals surface area contributed by atoms with Crippen LogP contribution in [0.5, 0.6) is 0 Å². The Bertz CT molecular complexity index is 290. The minimum Gasteiger partial charge on any atom is -0.322 e. The maximum absolute atomic E-state index is 4.33. The molecule has 1 fully saturated rings. The molecule has 1 heterocycles. The van der Waals surface area contributed by atoms with E-state index in [1.807, 2.05) is 6.33 Å². The third-order valence-corrected chi connectivity index (χ3v) is 5.55. The zero-order valence-corrected chi connectivity index (χ0v) is 11.7. The fourth-order valence-corrected chi connectivity index (χ4v) is 3.00. The van der Waals surface area contributed by atoms with Crippen molar-refractivity contribution in [2.24, 2.45) is 0 Å². The van der Waals surface area contributed by atoms with Gasteiger partial charge in [0.1, 0.15) is 7.40 Å². The zero-order valence-electron chi connectivity index (χ0n) is 7.34. The smallest absolute Gasteiger partial charge is 0.132 e. The molecule has 2 rings (SSSR count). The lowest BCUT2D eigenvalue weighted by molar-refractivity contribution is 0.349. The molecule has 1 aromatic heterocycles. The molecule has 1 aliphatic carbocycles. The van der Waals surface area contributed by atoms with Crippen LogP contribution >= 0.6 is 45.2 Å². The van der Waals surface area contributed by atoms with Crippen LogP contribution in [0.4, 0.5) is 0 Å². The van der Waals surface area contributed by atoms with E-state index in [4.69, 9.17) is 0 Å². The van der Waals surface area contributed by atoms with Crippen LogP contribution in [0, 0.1) is 7.40 Å². The Labute approximate surface area is 106 Å². The highest BCUT2D eigenvalue weighted by molar-refractivity contribution is 14.1. The third-order valence-electron chi connectivity index (χ3n) is 2.66. The van der Waals surface area contributed by atoms with Crippen molar-refractivity contribution in [3.63, 3.8) is 0 Å². The summed E-state index contributed by atoms with van der Waals surface area (Å²) in [6.45, 7) is 0. The van der Waals surface area contributed by atoms with Gasteiger partial charge in [-0.25, -0.2) is 4.98 Å². The molecule has 0 radical (unpaired) electrons. The molecule has 0 unspecified atom stereocenters. The molecule has 1 saturated carbocycles. The van der Waals surface area contributed by atoms with Crippen molar-refractivity contribution in [3.8, 4) is 0 Å². The number of rotatable bonds is 1. The van der Waals surface area contributed by atoms with Crippen molar-refractivity contribution < 1.29 is 0 Å². The molecule has 0 aliphatic heterocycles. The van der Waals surface area contributed by atoms with E-state index in [-0.39, 0.29) is 0 Å². The number of aromatic nitrogens is 2. The van der Waals surface area contributed by atoms with Gasteiger partial charge in [0, 0.05) is 6.04 Å². The maximum Gasteiger partial charge on any atom is 0.132 e. The first-order valence-electron chi connectivity index (χ1n) is 4.67. The second-order valence-corrected chi connectivity index (χ2v) is 5.57. The van der Waals surface area contributed by atoms with Gasteiger partial charge in [-0.3, -0.25) is 0 Å². The first-order chi connectivity index (χ1) is 6.29. The van der Waals surface area contributed by atoms with E-state index in [1.54, 1.807) is 0 Å². The minimum absolute atomic E-state index is 0.719. The van der Waals surface area contributed by atoms with E-state index in [0.717, 1.165) is 9.74 Å². The number of nitrogens with zero attached hydrogens (tertiary/aromatic N) is 2. The van der Waals surface area contributed by atoms with Crippen LogP contribution in [-0.4, -0.2) is 9.55 Å². The molecule has 0 spiro atoms. The first kappa shape index (κ1) is 10.2. The Morgan fingerprint density at radius 2 is 1.92 bits per heavy atom. The maximum atomic E-state index is 4.33. The lowest BCUT2D eigenvalue weighted by Gasteiger charge is -2.23. The Kier molecular flexibility index (Phi) is 3.50. The topological polar surface area (TPSA) is 17.8 Å². The Hall–Kier alpha value is 0.670. The molecule has 13 heavy (non-hydrogen) atoms. The van der Waals surface area contributed by atoms with Crippen LogP contribution in [0.25, 0.3) is 0 Å². The second kappa shape index (κ2) is 4.46. The number of halogens is 2.